The molecule has 0 spiro atoms. The molecule has 100 valence electrons. The van der Waals surface area contributed by atoms with E-state index in [2.05, 4.69) is 16.7 Å². The van der Waals surface area contributed by atoms with Crippen molar-refractivity contribution in [2.75, 3.05) is 0 Å². The summed E-state index contributed by atoms with van der Waals surface area (Å²) in [5, 5.41) is 6.86. The molecule has 0 aromatic rings. The molecule has 2 N–H and O–H groups in total. The molecular weight excluding hydrogens is 224 g/mol. The third-order valence-corrected chi connectivity index (χ3v) is 4.61. The van der Waals surface area contributed by atoms with Gasteiger partial charge in [0.2, 0.25) is 5.91 Å². The van der Waals surface area contributed by atoms with Crippen LogP contribution in [0.5, 0.6) is 0 Å². The molecule has 1 aliphatic carbocycles. The summed E-state index contributed by atoms with van der Waals surface area (Å²) in [5.74, 6) is 0.245. The van der Waals surface area contributed by atoms with Crippen LogP contribution in [0.4, 0.5) is 0 Å². The Kier molecular flexibility index (Phi) is 3.69. The first-order valence-electron chi connectivity index (χ1n) is 7.53. The smallest absolute Gasteiger partial charge is 0.224 e. The van der Waals surface area contributed by atoms with Crippen LogP contribution in [0.2, 0.25) is 0 Å². The lowest BCUT2D eigenvalue weighted by atomic mass is 9.96. The maximum Gasteiger partial charge on any atom is 0.224 e. The second-order valence-electron chi connectivity index (χ2n) is 6.16. The average molecular weight is 248 g/mol. The van der Waals surface area contributed by atoms with Crippen molar-refractivity contribution in [3.05, 3.63) is 11.6 Å². The monoisotopic (exact) mass is 248 g/mol. The lowest BCUT2D eigenvalue weighted by Gasteiger charge is -2.29. The predicted octanol–water partition coefficient (Wildman–Crippen LogP) is 2.28. The first-order chi connectivity index (χ1) is 8.79. The summed E-state index contributed by atoms with van der Waals surface area (Å²) in [5.41, 5.74) is 1.36. The molecule has 3 heteroatoms. The first-order valence-corrected chi connectivity index (χ1v) is 7.53. The number of hydrogen-bond donors (Lipinski definition) is 2. The standard InChI is InChI=1S/C15H24N2O/c18-15(8-11-4-2-1-3-5-11)17-14-9-12-6-7-13(10-14)16-12/h4,12-14,16H,1-3,5-10H2,(H,17,18). The molecule has 0 aromatic carbocycles. The van der Waals surface area contributed by atoms with E-state index in [0.717, 1.165) is 19.3 Å². The van der Waals surface area contributed by atoms with Crippen LogP contribution >= 0.6 is 0 Å². The van der Waals surface area contributed by atoms with Crippen molar-refractivity contribution in [1.29, 1.82) is 0 Å². The van der Waals surface area contributed by atoms with Crippen LogP contribution in [0, 0.1) is 0 Å². The van der Waals surface area contributed by atoms with Gasteiger partial charge in [-0.1, -0.05) is 11.6 Å². The van der Waals surface area contributed by atoms with E-state index in [1.807, 2.05) is 0 Å². The summed E-state index contributed by atoms with van der Waals surface area (Å²) in [6, 6.07) is 1.73. The Bertz CT molecular complexity index is 338. The molecule has 3 rings (SSSR count). The molecule has 3 nitrogen and oxygen atoms in total. The van der Waals surface area contributed by atoms with Gasteiger partial charge in [0.25, 0.3) is 0 Å². The summed E-state index contributed by atoms with van der Waals surface area (Å²) < 4.78 is 0. The number of piperidine rings is 1. The highest BCUT2D eigenvalue weighted by Gasteiger charge is 2.33. The number of rotatable bonds is 3. The van der Waals surface area contributed by atoms with E-state index >= 15 is 0 Å². The molecule has 2 saturated heterocycles. The Balaban J connectivity index is 1.47. The topological polar surface area (TPSA) is 41.1 Å². The molecular formula is C15H24N2O. The minimum atomic E-state index is 0.245. The van der Waals surface area contributed by atoms with Crippen molar-refractivity contribution < 1.29 is 4.79 Å². The molecule has 2 heterocycles. The number of allylic oxidation sites excluding steroid dienone is 1. The summed E-state index contributed by atoms with van der Waals surface area (Å²) >= 11 is 0. The van der Waals surface area contributed by atoms with Gasteiger partial charge in [0.15, 0.2) is 0 Å². The minimum Gasteiger partial charge on any atom is -0.353 e. The highest BCUT2D eigenvalue weighted by Crippen LogP contribution is 2.27. The molecule has 3 aliphatic rings. The average Bonchev–Trinajstić information content (AvgIpc) is 2.70. The van der Waals surface area contributed by atoms with E-state index in [1.54, 1.807) is 0 Å². The van der Waals surface area contributed by atoms with Crippen molar-refractivity contribution in [2.24, 2.45) is 0 Å². The summed E-state index contributed by atoms with van der Waals surface area (Å²) in [7, 11) is 0. The van der Waals surface area contributed by atoms with Crippen molar-refractivity contribution in [2.45, 2.75) is 75.9 Å². The molecule has 1 amide bonds. The summed E-state index contributed by atoms with van der Waals surface area (Å²) in [6.45, 7) is 0. The number of amides is 1. The van der Waals surface area contributed by atoms with Gasteiger partial charge in [0, 0.05) is 24.5 Å². The van der Waals surface area contributed by atoms with Crippen LogP contribution in [0.3, 0.4) is 0 Å². The zero-order valence-corrected chi connectivity index (χ0v) is 11.1. The molecule has 2 aliphatic heterocycles. The van der Waals surface area contributed by atoms with Crippen molar-refractivity contribution >= 4 is 5.91 Å². The van der Waals surface area contributed by atoms with Gasteiger partial charge in [-0.25, -0.2) is 0 Å². The Morgan fingerprint density at radius 2 is 2.06 bits per heavy atom. The van der Waals surface area contributed by atoms with E-state index in [0.29, 0.717) is 24.5 Å². The van der Waals surface area contributed by atoms with Crippen molar-refractivity contribution in [3.8, 4) is 0 Å². The lowest BCUT2D eigenvalue weighted by Crippen LogP contribution is -2.48. The van der Waals surface area contributed by atoms with Crippen LogP contribution in [-0.2, 0) is 4.79 Å². The van der Waals surface area contributed by atoms with Crippen molar-refractivity contribution in [3.63, 3.8) is 0 Å². The molecule has 2 fully saturated rings. The van der Waals surface area contributed by atoms with Gasteiger partial charge in [-0.15, -0.1) is 0 Å². The van der Waals surface area contributed by atoms with Crippen LogP contribution < -0.4 is 10.6 Å². The highest BCUT2D eigenvalue weighted by atomic mass is 16.1. The van der Waals surface area contributed by atoms with Gasteiger partial charge in [-0.2, -0.15) is 0 Å². The van der Waals surface area contributed by atoms with Crippen LogP contribution in [-0.4, -0.2) is 24.0 Å². The molecule has 2 unspecified atom stereocenters. The zero-order chi connectivity index (χ0) is 12.4. The fourth-order valence-corrected chi connectivity index (χ4v) is 3.73. The van der Waals surface area contributed by atoms with E-state index in [-0.39, 0.29) is 5.91 Å². The minimum absolute atomic E-state index is 0.245. The fraction of sp³-hybridized carbons (Fsp3) is 0.800. The van der Waals surface area contributed by atoms with Gasteiger partial charge < -0.3 is 10.6 Å². The number of fused-ring (bicyclic) bond motifs is 2. The SMILES string of the molecule is O=C(CC1=CCCCC1)NC1CC2CCC(C1)N2. The number of nitrogens with one attached hydrogen (secondary N) is 2. The predicted molar refractivity (Wildman–Crippen MR) is 72.3 cm³/mol. The van der Waals surface area contributed by atoms with Crippen LogP contribution in [0.15, 0.2) is 11.6 Å². The fourth-order valence-electron chi connectivity index (χ4n) is 3.73. The maximum atomic E-state index is 12.0. The van der Waals surface area contributed by atoms with Gasteiger partial charge in [0.1, 0.15) is 0 Å². The molecule has 2 atom stereocenters. The largest absolute Gasteiger partial charge is 0.353 e. The van der Waals surface area contributed by atoms with E-state index in [9.17, 15) is 4.79 Å². The highest BCUT2D eigenvalue weighted by molar-refractivity contribution is 5.78. The number of hydrogen-bond acceptors (Lipinski definition) is 2. The number of carbonyl (C=O) groups is 1. The van der Waals surface area contributed by atoms with Crippen LogP contribution in [0.1, 0.15) is 57.8 Å². The normalized spacial score (nSPS) is 35.1. The summed E-state index contributed by atoms with van der Waals surface area (Å²) in [4.78, 5) is 12.0. The van der Waals surface area contributed by atoms with Gasteiger partial charge in [0.05, 0.1) is 0 Å². The third kappa shape index (κ3) is 2.94. The van der Waals surface area contributed by atoms with Gasteiger partial charge in [-0.3, -0.25) is 4.79 Å². The molecule has 0 radical (unpaired) electrons. The second kappa shape index (κ2) is 5.43. The van der Waals surface area contributed by atoms with Crippen molar-refractivity contribution in [1.82, 2.24) is 10.6 Å². The Morgan fingerprint density at radius 1 is 1.28 bits per heavy atom. The van der Waals surface area contributed by atoms with Gasteiger partial charge in [-0.05, 0) is 51.4 Å². The van der Waals surface area contributed by atoms with E-state index < -0.39 is 0 Å². The van der Waals surface area contributed by atoms with Crippen LogP contribution in [0.25, 0.3) is 0 Å². The Hall–Kier alpha value is -0.830. The summed E-state index contributed by atoms with van der Waals surface area (Å²) in [6.07, 6.45) is 12.6. The lowest BCUT2D eigenvalue weighted by molar-refractivity contribution is -0.121. The van der Waals surface area contributed by atoms with E-state index in [4.69, 9.17) is 0 Å². The first kappa shape index (κ1) is 12.2. The third-order valence-electron chi connectivity index (χ3n) is 4.61. The zero-order valence-electron chi connectivity index (χ0n) is 11.1. The number of carbonyl (C=O) groups excluding carboxylic acids is 1. The molecule has 0 saturated carbocycles. The van der Waals surface area contributed by atoms with E-state index in [1.165, 1.54) is 37.7 Å². The maximum absolute atomic E-state index is 12.0. The molecule has 0 aromatic heterocycles. The van der Waals surface area contributed by atoms with Gasteiger partial charge >= 0.3 is 0 Å². The second-order valence-corrected chi connectivity index (χ2v) is 6.16. The molecule has 2 bridgehead atoms. The quantitative estimate of drug-likeness (QED) is 0.752. The molecule has 18 heavy (non-hydrogen) atoms. The Morgan fingerprint density at radius 3 is 2.72 bits per heavy atom. The Labute approximate surface area is 109 Å².